The van der Waals surface area contributed by atoms with E-state index in [1.54, 1.807) is 0 Å². The number of ketones is 1. The van der Waals surface area contributed by atoms with Crippen molar-refractivity contribution in [1.82, 2.24) is 0 Å². The predicted molar refractivity (Wildman–Crippen MR) is 58.2 cm³/mol. The topological polar surface area (TPSA) is 43.1 Å². The number of carbonyl (C=O) groups excluding carboxylic acids is 1. The van der Waals surface area contributed by atoms with Crippen molar-refractivity contribution in [2.24, 2.45) is 5.73 Å². The van der Waals surface area contributed by atoms with Crippen molar-refractivity contribution in [2.75, 3.05) is 6.54 Å². The third-order valence-electron chi connectivity index (χ3n) is 2.14. The fourth-order valence-electron chi connectivity index (χ4n) is 1.44. The highest BCUT2D eigenvalue weighted by atomic mass is 16.1. The summed E-state index contributed by atoms with van der Waals surface area (Å²) in [4.78, 5) is 11.4. The minimum atomic E-state index is 0.279. The van der Waals surface area contributed by atoms with Crippen LogP contribution < -0.4 is 5.73 Å². The molecule has 14 heavy (non-hydrogen) atoms. The summed E-state index contributed by atoms with van der Waals surface area (Å²) in [5.41, 5.74) is 7.65. The van der Waals surface area contributed by atoms with Gasteiger partial charge in [-0.2, -0.15) is 0 Å². The normalized spacial score (nSPS) is 10.1. The van der Waals surface area contributed by atoms with E-state index in [0.717, 1.165) is 12.0 Å². The summed E-state index contributed by atoms with van der Waals surface area (Å²) in [7, 11) is 0. The van der Waals surface area contributed by atoms with E-state index in [1.807, 2.05) is 25.1 Å². The van der Waals surface area contributed by atoms with Crippen LogP contribution in [0.1, 0.15) is 24.0 Å². The van der Waals surface area contributed by atoms with Crippen LogP contribution in [0.2, 0.25) is 0 Å². The quantitative estimate of drug-likeness (QED) is 0.771. The molecule has 1 rings (SSSR count). The van der Waals surface area contributed by atoms with Gasteiger partial charge in [0.15, 0.2) is 0 Å². The van der Waals surface area contributed by atoms with Crippen molar-refractivity contribution in [3.63, 3.8) is 0 Å². The maximum Gasteiger partial charge on any atom is 0.137 e. The second-order valence-electron chi connectivity index (χ2n) is 3.60. The van der Waals surface area contributed by atoms with E-state index in [4.69, 9.17) is 5.73 Å². The number of rotatable bonds is 5. The van der Waals surface area contributed by atoms with Gasteiger partial charge in [0.25, 0.3) is 0 Å². The van der Waals surface area contributed by atoms with Crippen LogP contribution in [0, 0.1) is 6.92 Å². The van der Waals surface area contributed by atoms with Crippen LogP contribution >= 0.6 is 0 Å². The Labute approximate surface area is 85.1 Å². The molecule has 0 spiro atoms. The number of benzene rings is 1. The minimum Gasteiger partial charge on any atom is -0.330 e. The van der Waals surface area contributed by atoms with Gasteiger partial charge >= 0.3 is 0 Å². The molecule has 0 atom stereocenters. The molecule has 2 nitrogen and oxygen atoms in total. The fourth-order valence-corrected chi connectivity index (χ4v) is 1.44. The van der Waals surface area contributed by atoms with E-state index in [1.165, 1.54) is 5.56 Å². The Bertz CT molecular complexity index is 307. The summed E-state index contributed by atoms with van der Waals surface area (Å²) >= 11 is 0. The Kier molecular flexibility index (Phi) is 4.33. The number of carbonyl (C=O) groups is 1. The van der Waals surface area contributed by atoms with E-state index in [-0.39, 0.29) is 5.78 Å². The summed E-state index contributed by atoms with van der Waals surface area (Å²) in [5.74, 6) is 0.279. The molecule has 0 radical (unpaired) electrons. The average molecular weight is 191 g/mol. The van der Waals surface area contributed by atoms with Crippen LogP contribution in [0.15, 0.2) is 24.3 Å². The molecule has 0 aromatic heterocycles. The Morgan fingerprint density at radius 2 is 2.21 bits per heavy atom. The second-order valence-corrected chi connectivity index (χ2v) is 3.60. The van der Waals surface area contributed by atoms with Crippen LogP contribution in [-0.2, 0) is 11.2 Å². The summed E-state index contributed by atoms with van der Waals surface area (Å²) in [6.07, 6.45) is 1.94. The fraction of sp³-hybridized carbons (Fsp3) is 0.417. The number of Topliss-reactive ketones (excluding diaryl/α,β-unsaturated/α-hetero) is 1. The maximum absolute atomic E-state index is 11.4. The molecule has 76 valence electrons. The Morgan fingerprint density at radius 1 is 1.43 bits per heavy atom. The van der Waals surface area contributed by atoms with E-state index in [9.17, 15) is 4.79 Å². The largest absolute Gasteiger partial charge is 0.330 e. The zero-order valence-corrected chi connectivity index (χ0v) is 8.62. The Balaban J connectivity index is 2.47. The molecule has 0 aliphatic heterocycles. The second kappa shape index (κ2) is 5.55. The number of nitrogens with two attached hydrogens (primary N) is 1. The zero-order chi connectivity index (χ0) is 10.4. The molecule has 0 aliphatic rings. The molecular weight excluding hydrogens is 174 g/mol. The minimum absolute atomic E-state index is 0.279. The Hall–Kier alpha value is -1.15. The number of hydrogen-bond acceptors (Lipinski definition) is 2. The summed E-state index contributed by atoms with van der Waals surface area (Å²) in [5, 5.41) is 0. The van der Waals surface area contributed by atoms with Gasteiger partial charge in [-0.3, -0.25) is 4.79 Å². The van der Waals surface area contributed by atoms with Crippen LogP contribution in [0.4, 0.5) is 0 Å². The Morgan fingerprint density at radius 3 is 2.86 bits per heavy atom. The first kappa shape index (κ1) is 10.9. The molecule has 0 unspecified atom stereocenters. The maximum atomic E-state index is 11.4. The number of aryl methyl sites for hydroxylation is 1. The van der Waals surface area contributed by atoms with Crippen molar-refractivity contribution in [2.45, 2.75) is 26.2 Å². The van der Waals surface area contributed by atoms with Gasteiger partial charge in [0, 0.05) is 12.8 Å². The summed E-state index contributed by atoms with van der Waals surface area (Å²) in [6, 6.07) is 8.07. The lowest BCUT2D eigenvalue weighted by Gasteiger charge is -2.01. The lowest BCUT2D eigenvalue weighted by atomic mass is 10.0. The third-order valence-corrected chi connectivity index (χ3v) is 2.14. The first-order valence-corrected chi connectivity index (χ1v) is 4.99. The van der Waals surface area contributed by atoms with Crippen molar-refractivity contribution >= 4 is 5.78 Å². The lowest BCUT2D eigenvalue weighted by molar-refractivity contribution is -0.118. The molecule has 2 heteroatoms. The van der Waals surface area contributed by atoms with E-state index < -0.39 is 0 Å². The van der Waals surface area contributed by atoms with Crippen molar-refractivity contribution in [3.05, 3.63) is 35.4 Å². The first-order valence-electron chi connectivity index (χ1n) is 4.99. The van der Waals surface area contributed by atoms with Crippen LogP contribution in [-0.4, -0.2) is 12.3 Å². The molecule has 0 heterocycles. The third kappa shape index (κ3) is 3.71. The van der Waals surface area contributed by atoms with Crippen molar-refractivity contribution in [1.29, 1.82) is 0 Å². The highest BCUT2D eigenvalue weighted by Gasteiger charge is 2.02. The predicted octanol–water partition coefficient (Wildman–Crippen LogP) is 1.85. The molecule has 1 aromatic rings. The van der Waals surface area contributed by atoms with Crippen LogP contribution in [0.5, 0.6) is 0 Å². The molecular formula is C12H17NO. The van der Waals surface area contributed by atoms with Gasteiger partial charge < -0.3 is 5.73 Å². The average Bonchev–Trinajstić information content (AvgIpc) is 2.15. The summed E-state index contributed by atoms with van der Waals surface area (Å²) < 4.78 is 0. The number of hydrogen-bond donors (Lipinski definition) is 1. The molecule has 0 amide bonds. The molecule has 0 bridgehead atoms. The van der Waals surface area contributed by atoms with E-state index in [2.05, 4.69) is 6.07 Å². The summed E-state index contributed by atoms with van der Waals surface area (Å²) in [6.45, 7) is 2.63. The molecule has 0 saturated heterocycles. The monoisotopic (exact) mass is 191 g/mol. The molecule has 0 fully saturated rings. The zero-order valence-electron chi connectivity index (χ0n) is 8.62. The van der Waals surface area contributed by atoms with Crippen LogP contribution in [0.3, 0.4) is 0 Å². The van der Waals surface area contributed by atoms with Gasteiger partial charge in [-0.25, -0.2) is 0 Å². The standard InChI is InChI=1S/C12H17NO/c1-10-4-2-5-11(8-10)9-12(14)6-3-7-13/h2,4-5,8H,3,6-7,9,13H2,1H3. The first-order chi connectivity index (χ1) is 6.72. The lowest BCUT2D eigenvalue weighted by Crippen LogP contribution is -2.06. The van der Waals surface area contributed by atoms with Gasteiger partial charge in [0.2, 0.25) is 0 Å². The van der Waals surface area contributed by atoms with Crippen LogP contribution in [0.25, 0.3) is 0 Å². The molecule has 1 aromatic carbocycles. The van der Waals surface area contributed by atoms with E-state index >= 15 is 0 Å². The van der Waals surface area contributed by atoms with Crippen molar-refractivity contribution in [3.8, 4) is 0 Å². The smallest absolute Gasteiger partial charge is 0.137 e. The molecule has 0 aliphatic carbocycles. The van der Waals surface area contributed by atoms with E-state index in [0.29, 0.717) is 19.4 Å². The van der Waals surface area contributed by atoms with Gasteiger partial charge in [0.1, 0.15) is 5.78 Å². The SMILES string of the molecule is Cc1cccc(CC(=O)CCCN)c1. The van der Waals surface area contributed by atoms with Crippen molar-refractivity contribution < 1.29 is 4.79 Å². The van der Waals surface area contributed by atoms with Gasteiger partial charge in [-0.1, -0.05) is 29.8 Å². The van der Waals surface area contributed by atoms with Gasteiger partial charge in [-0.05, 0) is 25.5 Å². The van der Waals surface area contributed by atoms with Gasteiger partial charge in [-0.15, -0.1) is 0 Å². The highest BCUT2D eigenvalue weighted by Crippen LogP contribution is 2.06. The van der Waals surface area contributed by atoms with Gasteiger partial charge in [0.05, 0.1) is 0 Å². The molecule has 0 saturated carbocycles. The molecule has 2 N–H and O–H groups in total. The highest BCUT2D eigenvalue weighted by molar-refractivity contribution is 5.80.